The van der Waals surface area contributed by atoms with Gasteiger partial charge in [-0.1, -0.05) is 23.9 Å². The Kier molecular flexibility index (Phi) is 5.34. The van der Waals surface area contributed by atoms with Crippen molar-refractivity contribution in [2.45, 2.75) is 36.6 Å². The molecule has 1 atom stereocenters. The predicted molar refractivity (Wildman–Crippen MR) is 113 cm³/mol. The average molecular weight is 381 g/mol. The number of carbonyl (C=O) groups is 1. The molecule has 1 aliphatic heterocycles. The Balaban J connectivity index is 1.36. The Morgan fingerprint density at radius 1 is 1.11 bits per heavy atom. The van der Waals surface area contributed by atoms with E-state index < -0.39 is 0 Å². The normalized spacial score (nSPS) is 15.7. The van der Waals surface area contributed by atoms with Gasteiger partial charge in [-0.3, -0.25) is 4.79 Å². The Hall–Kier alpha value is -2.47. The number of nitrogens with one attached hydrogen (secondary N) is 2. The minimum absolute atomic E-state index is 0.0221. The number of rotatable bonds is 5. The van der Waals surface area contributed by atoms with Crippen LogP contribution in [0.2, 0.25) is 0 Å². The van der Waals surface area contributed by atoms with E-state index >= 15 is 0 Å². The van der Waals surface area contributed by atoms with Gasteiger partial charge in [-0.25, -0.2) is 4.98 Å². The lowest BCUT2D eigenvalue weighted by molar-refractivity contribution is -0.115. The van der Waals surface area contributed by atoms with Gasteiger partial charge in [0.15, 0.2) is 5.16 Å². The quantitative estimate of drug-likeness (QED) is 0.631. The van der Waals surface area contributed by atoms with Gasteiger partial charge in [-0.05, 0) is 62.6 Å². The summed E-state index contributed by atoms with van der Waals surface area (Å²) < 4.78 is 0. The second-order valence-corrected chi connectivity index (χ2v) is 8.23. The van der Waals surface area contributed by atoms with E-state index in [1.165, 1.54) is 36.7 Å². The van der Waals surface area contributed by atoms with Crippen LogP contribution in [0.4, 0.5) is 11.4 Å². The number of imidazole rings is 1. The summed E-state index contributed by atoms with van der Waals surface area (Å²) in [6, 6.07) is 16.0. The molecule has 1 amide bonds. The van der Waals surface area contributed by atoms with Crippen LogP contribution in [0.5, 0.6) is 0 Å². The smallest absolute Gasteiger partial charge is 0.237 e. The van der Waals surface area contributed by atoms with Gasteiger partial charge < -0.3 is 15.2 Å². The number of thioether (sulfide) groups is 1. The maximum Gasteiger partial charge on any atom is 0.237 e. The monoisotopic (exact) mass is 380 g/mol. The fourth-order valence-corrected chi connectivity index (χ4v) is 4.18. The summed E-state index contributed by atoms with van der Waals surface area (Å²) in [7, 11) is 0. The molecule has 4 rings (SSSR count). The standard InChI is InChI=1S/C21H24N4OS/c1-15(27-21-23-18-7-3-4-8-19(18)24-21)20(26)22-16-9-11-17(12-10-16)25-13-5-2-6-14-25/h3-4,7-12,15H,2,5-6,13-14H2,1H3,(H,22,26)(H,23,24)/t15-/m1/s1. The molecule has 0 saturated carbocycles. The van der Waals surface area contributed by atoms with Crippen LogP contribution >= 0.6 is 11.8 Å². The number of aromatic nitrogens is 2. The van der Waals surface area contributed by atoms with Gasteiger partial charge in [-0.2, -0.15) is 0 Å². The van der Waals surface area contributed by atoms with Crippen LogP contribution < -0.4 is 10.2 Å². The lowest BCUT2D eigenvalue weighted by Gasteiger charge is -2.28. The molecule has 2 heterocycles. The SMILES string of the molecule is C[C@@H](Sc1nc2ccccc2[nH]1)C(=O)Nc1ccc(N2CCCCC2)cc1. The highest BCUT2D eigenvalue weighted by atomic mass is 32.2. The van der Waals surface area contributed by atoms with Crippen molar-refractivity contribution in [3.63, 3.8) is 0 Å². The molecular weight excluding hydrogens is 356 g/mol. The highest BCUT2D eigenvalue weighted by molar-refractivity contribution is 8.00. The van der Waals surface area contributed by atoms with Crippen molar-refractivity contribution in [3.05, 3.63) is 48.5 Å². The summed E-state index contributed by atoms with van der Waals surface area (Å²) in [6.45, 7) is 4.14. The minimum atomic E-state index is -0.243. The molecule has 1 aliphatic rings. The molecule has 27 heavy (non-hydrogen) atoms. The molecule has 6 heteroatoms. The van der Waals surface area contributed by atoms with Crippen molar-refractivity contribution in [3.8, 4) is 0 Å². The first-order valence-electron chi connectivity index (χ1n) is 9.46. The Bertz CT molecular complexity index is 882. The third kappa shape index (κ3) is 4.27. The second-order valence-electron chi connectivity index (χ2n) is 6.90. The van der Waals surface area contributed by atoms with Gasteiger partial charge in [0.1, 0.15) is 0 Å². The zero-order valence-electron chi connectivity index (χ0n) is 15.4. The van der Waals surface area contributed by atoms with Crippen LogP contribution in [0.15, 0.2) is 53.7 Å². The number of carbonyl (C=O) groups excluding carboxylic acids is 1. The van der Waals surface area contributed by atoms with Crippen LogP contribution in [0.1, 0.15) is 26.2 Å². The fourth-order valence-electron chi connectivity index (χ4n) is 3.36. The van der Waals surface area contributed by atoms with Crippen LogP contribution in [0.25, 0.3) is 11.0 Å². The molecule has 1 aromatic heterocycles. The molecule has 0 radical (unpaired) electrons. The van der Waals surface area contributed by atoms with Crippen LogP contribution in [-0.2, 0) is 4.79 Å². The molecule has 2 aromatic carbocycles. The molecule has 0 aliphatic carbocycles. The van der Waals surface area contributed by atoms with E-state index in [1.54, 1.807) is 0 Å². The summed E-state index contributed by atoms with van der Waals surface area (Å²) in [5.74, 6) is -0.0221. The molecule has 140 valence electrons. The van der Waals surface area contributed by atoms with E-state index in [0.717, 1.165) is 35.0 Å². The van der Waals surface area contributed by atoms with Gasteiger partial charge in [0, 0.05) is 24.5 Å². The van der Waals surface area contributed by atoms with E-state index in [-0.39, 0.29) is 11.2 Å². The first-order valence-corrected chi connectivity index (χ1v) is 10.3. The van der Waals surface area contributed by atoms with Crippen molar-refractivity contribution in [2.75, 3.05) is 23.3 Å². The maximum atomic E-state index is 12.5. The first-order chi connectivity index (χ1) is 13.2. The molecule has 2 N–H and O–H groups in total. The first kappa shape index (κ1) is 17.9. The van der Waals surface area contributed by atoms with Crippen molar-refractivity contribution in [1.82, 2.24) is 9.97 Å². The van der Waals surface area contributed by atoms with E-state index in [0.29, 0.717) is 0 Å². The number of piperidine rings is 1. The van der Waals surface area contributed by atoms with E-state index in [9.17, 15) is 4.79 Å². The van der Waals surface area contributed by atoms with Gasteiger partial charge in [0.2, 0.25) is 5.91 Å². The van der Waals surface area contributed by atoms with Crippen molar-refractivity contribution < 1.29 is 4.79 Å². The lowest BCUT2D eigenvalue weighted by Crippen LogP contribution is -2.29. The van der Waals surface area contributed by atoms with E-state index in [4.69, 9.17) is 0 Å². The number of hydrogen-bond acceptors (Lipinski definition) is 4. The number of hydrogen-bond donors (Lipinski definition) is 2. The number of benzene rings is 2. The summed E-state index contributed by atoms with van der Waals surface area (Å²) in [6.07, 6.45) is 3.84. The third-order valence-corrected chi connectivity index (χ3v) is 5.87. The average Bonchev–Trinajstić information content (AvgIpc) is 3.11. The van der Waals surface area contributed by atoms with Gasteiger partial charge in [0.25, 0.3) is 0 Å². The summed E-state index contributed by atoms with van der Waals surface area (Å²) in [4.78, 5) is 22.7. The highest BCUT2D eigenvalue weighted by Gasteiger charge is 2.17. The number of H-pyrrole nitrogens is 1. The highest BCUT2D eigenvalue weighted by Crippen LogP contribution is 2.25. The molecule has 1 saturated heterocycles. The number of amides is 1. The zero-order valence-corrected chi connectivity index (χ0v) is 16.3. The van der Waals surface area contributed by atoms with Crippen molar-refractivity contribution >= 4 is 40.1 Å². The Morgan fingerprint density at radius 3 is 2.59 bits per heavy atom. The van der Waals surface area contributed by atoms with Crippen LogP contribution in [-0.4, -0.2) is 34.2 Å². The molecular formula is C21H24N4OS. The second kappa shape index (κ2) is 8.05. The number of fused-ring (bicyclic) bond motifs is 1. The van der Waals surface area contributed by atoms with Gasteiger partial charge in [0.05, 0.1) is 16.3 Å². The topological polar surface area (TPSA) is 61.0 Å². The lowest BCUT2D eigenvalue weighted by atomic mass is 10.1. The molecule has 0 bridgehead atoms. The van der Waals surface area contributed by atoms with Gasteiger partial charge in [-0.15, -0.1) is 0 Å². The molecule has 0 unspecified atom stereocenters. The largest absolute Gasteiger partial charge is 0.372 e. The van der Waals surface area contributed by atoms with Crippen LogP contribution in [0.3, 0.4) is 0 Å². The fraction of sp³-hybridized carbons (Fsp3) is 0.333. The Morgan fingerprint density at radius 2 is 1.85 bits per heavy atom. The van der Waals surface area contributed by atoms with Crippen molar-refractivity contribution in [1.29, 1.82) is 0 Å². The molecule has 1 fully saturated rings. The maximum absolute atomic E-state index is 12.5. The zero-order chi connectivity index (χ0) is 18.6. The third-order valence-electron chi connectivity index (χ3n) is 4.88. The number of anilines is 2. The summed E-state index contributed by atoms with van der Waals surface area (Å²) in [5, 5.41) is 3.53. The Labute approximate surface area is 163 Å². The van der Waals surface area contributed by atoms with Gasteiger partial charge >= 0.3 is 0 Å². The number of nitrogens with zero attached hydrogens (tertiary/aromatic N) is 2. The molecule has 0 spiro atoms. The van der Waals surface area contributed by atoms with Crippen LogP contribution in [0, 0.1) is 0 Å². The molecule has 5 nitrogen and oxygen atoms in total. The summed E-state index contributed by atoms with van der Waals surface area (Å²) >= 11 is 1.44. The van der Waals surface area contributed by atoms with E-state index in [2.05, 4.69) is 32.3 Å². The van der Waals surface area contributed by atoms with Crippen molar-refractivity contribution in [2.24, 2.45) is 0 Å². The molecule has 3 aromatic rings. The predicted octanol–water partition coefficient (Wildman–Crippen LogP) is 4.67. The minimum Gasteiger partial charge on any atom is -0.372 e. The number of para-hydroxylation sites is 2. The van der Waals surface area contributed by atoms with E-state index in [1.807, 2.05) is 43.3 Å². The summed E-state index contributed by atoms with van der Waals surface area (Å²) in [5.41, 5.74) is 3.97. The number of aromatic amines is 1.